The summed E-state index contributed by atoms with van der Waals surface area (Å²) in [6.07, 6.45) is 11.1. The summed E-state index contributed by atoms with van der Waals surface area (Å²) in [5.41, 5.74) is 0.977. The number of hydrogen-bond donors (Lipinski definition) is 2. The van der Waals surface area contributed by atoms with E-state index in [0.29, 0.717) is 35.2 Å². The lowest BCUT2D eigenvalue weighted by Crippen LogP contribution is -2.61. The number of aromatic nitrogens is 2. The number of ether oxygens (including phenoxy) is 1. The van der Waals surface area contributed by atoms with Crippen LogP contribution in [-0.2, 0) is 0 Å². The Kier molecular flexibility index (Phi) is 4.15. The van der Waals surface area contributed by atoms with E-state index in [2.05, 4.69) is 15.3 Å². The number of carbonyl (C=O) groups excluding carboxylic acids is 1. The van der Waals surface area contributed by atoms with Crippen LogP contribution in [0.1, 0.15) is 79.8 Å². The molecular weight excluding hydrogens is 342 g/mol. The summed E-state index contributed by atoms with van der Waals surface area (Å²) in [4.78, 5) is 22.0. The minimum Gasteiger partial charge on any atom is -0.467 e. The van der Waals surface area contributed by atoms with Crippen LogP contribution in [0.3, 0.4) is 0 Å². The molecule has 0 aliphatic heterocycles. The van der Waals surface area contributed by atoms with Crippen molar-refractivity contribution in [2.24, 2.45) is 17.8 Å². The van der Waals surface area contributed by atoms with Crippen LogP contribution in [0.5, 0.6) is 6.01 Å². The average Bonchev–Trinajstić information content (AvgIpc) is 3.17. The van der Waals surface area contributed by atoms with E-state index < -0.39 is 5.60 Å². The van der Waals surface area contributed by atoms with Crippen LogP contribution in [0.2, 0.25) is 0 Å². The number of methoxy groups -OCH3 is 1. The smallest absolute Gasteiger partial charge is 0.316 e. The third-order valence-electron chi connectivity index (χ3n) is 7.50. The summed E-state index contributed by atoms with van der Waals surface area (Å²) < 4.78 is 5.21. The zero-order valence-electron chi connectivity index (χ0n) is 16.0. The Labute approximate surface area is 160 Å². The second-order valence-corrected chi connectivity index (χ2v) is 9.33. The molecule has 2 atom stereocenters. The Balaban J connectivity index is 1.38. The van der Waals surface area contributed by atoms with Crippen LogP contribution in [0.25, 0.3) is 0 Å². The highest BCUT2D eigenvalue weighted by Crippen LogP contribution is 2.55. The lowest BCUT2D eigenvalue weighted by atomic mass is 9.52. The minimum absolute atomic E-state index is 0.0518. The van der Waals surface area contributed by atoms with E-state index in [1.165, 1.54) is 12.8 Å². The molecule has 5 aliphatic rings. The van der Waals surface area contributed by atoms with Crippen LogP contribution in [0.4, 0.5) is 0 Å². The zero-order chi connectivity index (χ0) is 18.6. The van der Waals surface area contributed by atoms with E-state index in [1.54, 1.807) is 13.3 Å². The molecule has 2 unspecified atom stereocenters. The first kappa shape index (κ1) is 17.4. The second kappa shape index (κ2) is 6.43. The fourth-order valence-electron chi connectivity index (χ4n) is 6.61. The van der Waals surface area contributed by atoms with Gasteiger partial charge < -0.3 is 15.2 Å². The first-order valence-electron chi connectivity index (χ1n) is 10.5. The predicted octanol–water partition coefficient (Wildman–Crippen LogP) is 2.81. The molecule has 4 bridgehead atoms. The van der Waals surface area contributed by atoms with Crippen LogP contribution in [0.15, 0.2) is 6.20 Å². The molecular formula is C21H29N3O3. The molecule has 5 aliphatic carbocycles. The standard InChI is InChI=1S/C21H29N3O3/c1-27-20-22-11-16(18(24-20)13-4-2-3-5-13)19(25)23-17-14-6-12-7-15(17)10-21(26,8-12)9-14/h11-15,17,26H,2-10H2,1H3,(H,23,25)/t12?,14?,15?,17-,21+. The van der Waals surface area contributed by atoms with Gasteiger partial charge in [-0.2, -0.15) is 4.98 Å². The van der Waals surface area contributed by atoms with Gasteiger partial charge in [-0.15, -0.1) is 0 Å². The van der Waals surface area contributed by atoms with Crippen molar-refractivity contribution in [3.05, 3.63) is 17.5 Å². The minimum atomic E-state index is -0.476. The predicted molar refractivity (Wildman–Crippen MR) is 99.6 cm³/mol. The maximum Gasteiger partial charge on any atom is 0.316 e. The SMILES string of the molecule is COc1ncc(C(=O)N[C@H]2C3CC4CC2C[C@@](O)(C4)C3)c(C2CCCC2)n1. The van der Waals surface area contributed by atoms with Gasteiger partial charge in [0.25, 0.3) is 5.91 Å². The third kappa shape index (κ3) is 3.02. The van der Waals surface area contributed by atoms with Crippen LogP contribution in [0, 0.1) is 17.8 Å². The molecule has 2 N–H and O–H groups in total. The summed E-state index contributed by atoms with van der Waals surface area (Å²) in [5.74, 6) is 1.71. The van der Waals surface area contributed by atoms with Gasteiger partial charge in [0.05, 0.1) is 24.0 Å². The molecule has 0 radical (unpaired) electrons. The molecule has 146 valence electrons. The van der Waals surface area contributed by atoms with E-state index in [0.717, 1.165) is 50.6 Å². The van der Waals surface area contributed by atoms with Gasteiger partial charge in [-0.05, 0) is 62.7 Å². The van der Waals surface area contributed by atoms with E-state index in [9.17, 15) is 9.90 Å². The number of nitrogens with one attached hydrogen (secondary N) is 1. The van der Waals surface area contributed by atoms with Crippen molar-refractivity contribution in [3.63, 3.8) is 0 Å². The van der Waals surface area contributed by atoms with Crippen LogP contribution < -0.4 is 10.1 Å². The molecule has 6 rings (SSSR count). The third-order valence-corrected chi connectivity index (χ3v) is 7.50. The Morgan fingerprint density at radius 2 is 1.93 bits per heavy atom. The number of nitrogens with zero attached hydrogens (tertiary/aromatic N) is 2. The Morgan fingerprint density at radius 3 is 2.56 bits per heavy atom. The van der Waals surface area contributed by atoms with Crippen molar-refractivity contribution in [2.75, 3.05) is 7.11 Å². The Bertz CT molecular complexity index is 730. The lowest BCUT2D eigenvalue weighted by molar-refractivity contribution is -0.136. The highest BCUT2D eigenvalue weighted by atomic mass is 16.5. The molecule has 1 aromatic rings. The first-order valence-corrected chi connectivity index (χ1v) is 10.5. The number of aliphatic hydroxyl groups is 1. The summed E-state index contributed by atoms with van der Waals surface area (Å²) in [7, 11) is 1.56. The molecule has 27 heavy (non-hydrogen) atoms. The maximum absolute atomic E-state index is 13.2. The fourth-order valence-corrected chi connectivity index (χ4v) is 6.61. The number of amides is 1. The van der Waals surface area contributed by atoms with Gasteiger partial charge in [-0.25, -0.2) is 4.98 Å². The van der Waals surface area contributed by atoms with E-state index in [1.807, 2.05) is 0 Å². The summed E-state index contributed by atoms with van der Waals surface area (Å²) in [5, 5.41) is 14.1. The van der Waals surface area contributed by atoms with Gasteiger partial charge in [0.2, 0.25) is 0 Å². The second-order valence-electron chi connectivity index (χ2n) is 9.33. The highest BCUT2D eigenvalue weighted by Gasteiger charge is 2.55. The molecule has 5 saturated carbocycles. The van der Waals surface area contributed by atoms with E-state index in [4.69, 9.17) is 4.74 Å². The molecule has 1 heterocycles. The van der Waals surface area contributed by atoms with Crippen LogP contribution in [-0.4, -0.2) is 39.7 Å². The lowest BCUT2D eigenvalue weighted by Gasteiger charge is -2.58. The summed E-state index contributed by atoms with van der Waals surface area (Å²) in [6, 6.07) is 0.512. The van der Waals surface area contributed by atoms with Crippen molar-refractivity contribution in [2.45, 2.75) is 75.3 Å². The molecule has 6 nitrogen and oxygen atoms in total. The number of hydrogen-bond acceptors (Lipinski definition) is 5. The van der Waals surface area contributed by atoms with E-state index >= 15 is 0 Å². The highest BCUT2D eigenvalue weighted by molar-refractivity contribution is 5.95. The van der Waals surface area contributed by atoms with Gasteiger partial charge in [-0.3, -0.25) is 4.79 Å². The van der Waals surface area contributed by atoms with Gasteiger partial charge in [0, 0.05) is 18.2 Å². The normalized spacial score (nSPS) is 37.6. The van der Waals surface area contributed by atoms with Crippen molar-refractivity contribution in [1.82, 2.24) is 15.3 Å². The Morgan fingerprint density at radius 1 is 1.22 bits per heavy atom. The molecule has 0 spiro atoms. The largest absolute Gasteiger partial charge is 0.467 e. The Hall–Kier alpha value is -1.69. The van der Waals surface area contributed by atoms with Gasteiger partial charge in [0.15, 0.2) is 0 Å². The zero-order valence-corrected chi connectivity index (χ0v) is 16.0. The quantitative estimate of drug-likeness (QED) is 0.850. The van der Waals surface area contributed by atoms with Crippen molar-refractivity contribution >= 4 is 5.91 Å². The van der Waals surface area contributed by atoms with Crippen molar-refractivity contribution < 1.29 is 14.6 Å². The summed E-state index contributed by atoms with van der Waals surface area (Å²) in [6.45, 7) is 0. The molecule has 1 aromatic heterocycles. The van der Waals surface area contributed by atoms with Gasteiger partial charge in [-0.1, -0.05) is 12.8 Å². The molecule has 6 heteroatoms. The van der Waals surface area contributed by atoms with Gasteiger partial charge >= 0.3 is 6.01 Å². The van der Waals surface area contributed by atoms with Crippen molar-refractivity contribution in [3.8, 4) is 6.01 Å². The average molecular weight is 371 g/mol. The van der Waals surface area contributed by atoms with Crippen molar-refractivity contribution in [1.29, 1.82) is 0 Å². The first-order chi connectivity index (χ1) is 13.0. The monoisotopic (exact) mass is 371 g/mol. The van der Waals surface area contributed by atoms with Crippen LogP contribution >= 0.6 is 0 Å². The van der Waals surface area contributed by atoms with E-state index in [-0.39, 0.29) is 11.9 Å². The molecule has 0 aromatic carbocycles. The summed E-state index contributed by atoms with van der Waals surface area (Å²) >= 11 is 0. The molecule has 1 amide bonds. The topological polar surface area (TPSA) is 84.3 Å². The number of carbonyl (C=O) groups is 1. The van der Waals surface area contributed by atoms with Gasteiger partial charge in [0.1, 0.15) is 0 Å². The molecule has 5 fully saturated rings. The molecule has 0 saturated heterocycles. The number of rotatable bonds is 4. The fraction of sp³-hybridized carbons (Fsp3) is 0.762. The maximum atomic E-state index is 13.2.